The molecule has 0 aliphatic carbocycles. The molecule has 102 valence electrons. The second-order valence-electron chi connectivity index (χ2n) is 4.55. The Labute approximate surface area is 112 Å². The standard InChI is InChI=1S/C12H21N3O2S/c1-4-5-15-12(3,10(13)16)8-9(2)18-11-14-6-7-17-11/h6-7,9,15H,4-5,8H2,1-3H3,(H2,13,16). The lowest BCUT2D eigenvalue weighted by atomic mass is 9.95. The predicted octanol–water partition coefficient (Wildman–Crippen LogP) is 1.79. The number of hydrogen-bond donors (Lipinski definition) is 2. The van der Waals surface area contributed by atoms with Crippen LogP contribution >= 0.6 is 11.8 Å². The van der Waals surface area contributed by atoms with E-state index in [0.29, 0.717) is 11.6 Å². The van der Waals surface area contributed by atoms with Crippen LogP contribution in [-0.4, -0.2) is 28.2 Å². The second kappa shape index (κ2) is 6.80. The van der Waals surface area contributed by atoms with Gasteiger partial charge >= 0.3 is 0 Å². The number of primary amides is 1. The summed E-state index contributed by atoms with van der Waals surface area (Å²) in [7, 11) is 0. The maximum absolute atomic E-state index is 11.6. The molecule has 0 aliphatic rings. The third-order valence-electron chi connectivity index (χ3n) is 2.72. The van der Waals surface area contributed by atoms with Crippen molar-refractivity contribution in [2.75, 3.05) is 6.54 Å². The number of rotatable bonds is 8. The first kappa shape index (κ1) is 15.0. The van der Waals surface area contributed by atoms with Crippen LogP contribution in [0.1, 0.15) is 33.6 Å². The van der Waals surface area contributed by atoms with Gasteiger partial charge in [-0.2, -0.15) is 0 Å². The monoisotopic (exact) mass is 271 g/mol. The number of nitrogens with zero attached hydrogens (tertiary/aromatic N) is 1. The van der Waals surface area contributed by atoms with Crippen LogP contribution in [0.3, 0.4) is 0 Å². The first-order valence-corrected chi connectivity index (χ1v) is 6.97. The minimum atomic E-state index is -0.685. The zero-order valence-corrected chi connectivity index (χ0v) is 11.9. The lowest BCUT2D eigenvalue weighted by Gasteiger charge is -2.29. The topological polar surface area (TPSA) is 81.2 Å². The molecule has 0 aliphatic heterocycles. The normalized spacial score (nSPS) is 16.2. The van der Waals surface area contributed by atoms with E-state index in [1.54, 1.807) is 6.20 Å². The number of nitrogens with two attached hydrogens (primary N) is 1. The predicted molar refractivity (Wildman–Crippen MR) is 72.3 cm³/mol. The zero-order chi connectivity index (χ0) is 13.6. The van der Waals surface area contributed by atoms with E-state index in [9.17, 15) is 4.79 Å². The third kappa shape index (κ3) is 4.34. The van der Waals surface area contributed by atoms with Crippen molar-refractivity contribution in [3.63, 3.8) is 0 Å². The van der Waals surface area contributed by atoms with Crippen LogP contribution in [0.5, 0.6) is 0 Å². The van der Waals surface area contributed by atoms with Gasteiger partial charge in [0.1, 0.15) is 6.26 Å². The molecule has 2 atom stereocenters. The molecule has 1 rings (SSSR count). The van der Waals surface area contributed by atoms with Crippen molar-refractivity contribution < 1.29 is 9.21 Å². The Balaban J connectivity index is 2.57. The molecule has 0 aromatic carbocycles. The van der Waals surface area contributed by atoms with Crippen molar-refractivity contribution in [1.29, 1.82) is 0 Å². The SMILES string of the molecule is CCCNC(C)(CC(C)Sc1ncco1)C(N)=O. The highest BCUT2D eigenvalue weighted by atomic mass is 32.2. The molecular weight excluding hydrogens is 250 g/mol. The number of hydrogen-bond acceptors (Lipinski definition) is 5. The molecule has 3 N–H and O–H groups in total. The van der Waals surface area contributed by atoms with Gasteiger partial charge in [0.15, 0.2) is 0 Å². The van der Waals surface area contributed by atoms with Gasteiger partial charge in [0.25, 0.3) is 5.22 Å². The molecule has 6 heteroatoms. The van der Waals surface area contributed by atoms with Crippen LogP contribution in [0.15, 0.2) is 22.1 Å². The lowest BCUT2D eigenvalue weighted by Crippen LogP contribution is -2.54. The van der Waals surface area contributed by atoms with E-state index in [1.165, 1.54) is 18.0 Å². The molecule has 2 unspecified atom stereocenters. The molecular formula is C12H21N3O2S. The summed E-state index contributed by atoms with van der Waals surface area (Å²) in [4.78, 5) is 15.6. The number of carbonyl (C=O) groups is 1. The Morgan fingerprint density at radius 1 is 1.72 bits per heavy atom. The lowest BCUT2D eigenvalue weighted by molar-refractivity contribution is -0.124. The highest BCUT2D eigenvalue weighted by Gasteiger charge is 2.32. The van der Waals surface area contributed by atoms with Crippen LogP contribution in [0.4, 0.5) is 0 Å². The average molecular weight is 271 g/mol. The third-order valence-corrected chi connectivity index (χ3v) is 3.69. The largest absolute Gasteiger partial charge is 0.440 e. The maximum Gasteiger partial charge on any atom is 0.255 e. The van der Waals surface area contributed by atoms with E-state index in [0.717, 1.165) is 13.0 Å². The minimum Gasteiger partial charge on any atom is -0.440 e. The first-order valence-electron chi connectivity index (χ1n) is 6.09. The van der Waals surface area contributed by atoms with Crippen molar-refractivity contribution in [3.8, 4) is 0 Å². The molecule has 1 amide bonds. The summed E-state index contributed by atoms with van der Waals surface area (Å²) in [5.74, 6) is -0.323. The number of aromatic nitrogens is 1. The van der Waals surface area contributed by atoms with Gasteiger partial charge in [-0.15, -0.1) is 0 Å². The molecule has 0 bridgehead atoms. The van der Waals surface area contributed by atoms with Gasteiger partial charge in [0.05, 0.1) is 11.7 Å². The number of thioether (sulfide) groups is 1. The van der Waals surface area contributed by atoms with E-state index < -0.39 is 5.54 Å². The fraction of sp³-hybridized carbons (Fsp3) is 0.667. The number of carbonyl (C=O) groups excluding carboxylic acids is 1. The molecule has 1 aromatic rings. The van der Waals surface area contributed by atoms with E-state index in [1.807, 2.05) is 13.8 Å². The molecule has 18 heavy (non-hydrogen) atoms. The highest BCUT2D eigenvalue weighted by molar-refractivity contribution is 7.99. The van der Waals surface area contributed by atoms with Crippen molar-refractivity contribution in [2.24, 2.45) is 5.73 Å². The van der Waals surface area contributed by atoms with Gasteiger partial charge in [-0.05, 0) is 26.3 Å². The van der Waals surface area contributed by atoms with E-state index in [4.69, 9.17) is 10.2 Å². The van der Waals surface area contributed by atoms with Gasteiger partial charge < -0.3 is 15.5 Å². The summed E-state index contributed by atoms with van der Waals surface area (Å²) < 4.78 is 5.18. The van der Waals surface area contributed by atoms with Crippen molar-refractivity contribution >= 4 is 17.7 Å². The Kier molecular flexibility index (Phi) is 5.68. The Morgan fingerprint density at radius 2 is 2.44 bits per heavy atom. The molecule has 5 nitrogen and oxygen atoms in total. The van der Waals surface area contributed by atoms with Gasteiger partial charge in [0.2, 0.25) is 5.91 Å². The van der Waals surface area contributed by atoms with E-state index >= 15 is 0 Å². The maximum atomic E-state index is 11.6. The highest BCUT2D eigenvalue weighted by Crippen LogP contribution is 2.27. The van der Waals surface area contributed by atoms with Gasteiger partial charge in [-0.1, -0.05) is 25.6 Å². The van der Waals surface area contributed by atoms with Crippen LogP contribution in [0.2, 0.25) is 0 Å². The minimum absolute atomic E-state index is 0.186. The molecule has 0 saturated carbocycles. The fourth-order valence-electron chi connectivity index (χ4n) is 1.72. The molecule has 1 heterocycles. The Morgan fingerprint density at radius 3 is 2.94 bits per heavy atom. The Hall–Kier alpha value is -1.01. The summed E-state index contributed by atoms with van der Waals surface area (Å²) in [5, 5.41) is 4.02. The summed E-state index contributed by atoms with van der Waals surface area (Å²) in [6.07, 6.45) is 4.74. The van der Waals surface area contributed by atoms with E-state index in [-0.39, 0.29) is 11.2 Å². The van der Waals surface area contributed by atoms with Crippen molar-refractivity contribution in [1.82, 2.24) is 10.3 Å². The number of oxazole rings is 1. The van der Waals surface area contributed by atoms with Crippen LogP contribution < -0.4 is 11.1 Å². The molecule has 0 radical (unpaired) electrons. The summed E-state index contributed by atoms with van der Waals surface area (Å²) >= 11 is 1.50. The summed E-state index contributed by atoms with van der Waals surface area (Å²) in [6, 6.07) is 0. The molecule has 0 saturated heterocycles. The van der Waals surface area contributed by atoms with Crippen molar-refractivity contribution in [2.45, 2.75) is 49.6 Å². The van der Waals surface area contributed by atoms with Crippen LogP contribution in [0.25, 0.3) is 0 Å². The van der Waals surface area contributed by atoms with Gasteiger partial charge in [-0.25, -0.2) is 4.98 Å². The van der Waals surface area contributed by atoms with Crippen molar-refractivity contribution in [3.05, 3.63) is 12.5 Å². The molecule has 0 fully saturated rings. The first-order chi connectivity index (χ1) is 8.48. The quantitative estimate of drug-likeness (QED) is 0.704. The van der Waals surface area contributed by atoms with Crippen LogP contribution in [-0.2, 0) is 4.79 Å². The summed E-state index contributed by atoms with van der Waals surface area (Å²) in [6.45, 7) is 6.70. The number of amides is 1. The molecule has 1 aromatic heterocycles. The fourth-order valence-corrected chi connectivity index (χ4v) is 2.71. The smallest absolute Gasteiger partial charge is 0.255 e. The molecule has 0 spiro atoms. The average Bonchev–Trinajstić information content (AvgIpc) is 2.78. The summed E-state index contributed by atoms with van der Waals surface area (Å²) in [5.41, 5.74) is 4.80. The van der Waals surface area contributed by atoms with Gasteiger partial charge in [0, 0.05) is 5.25 Å². The van der Waals surface area contributed by atoms with Crippen LogP contribution in [0, 0.1) is 0 Å². The second-order valence-corrected chi connectivity index (χ2v) is 5.94. The number of nitrogens with one attached hydrogen (secondary N) is 1. The van der Waals surface area contributed by atoms with E-state index in [2.05, 4.69) is 17.2 Å². The zero-order valence-electron chi connectivity index (χ0n) is 11.1. The Bertz CT molecular complexity index is 369. The van der Waals surface area contributed by atoms with Gasteiger partial charge in [-0.3, -0.25) is 4.79 Å².